The van der Waals surface area contributed by atoms with Gasteiger partial charge >= 0.3 is 12.1 Å². The molecule has 0 spiro atoms. The molecule has 2 rings (SSSR count). The van der Waals surface area contributed by atoms with Crippen LogP contribution in [0.3, 0.4) is 0 Å². The third-order valence-electron chi connectivity index (χ3n) is 7.43. The summed E-state index contributed by atoms with van der Waals surface area (Å²) >= 11 is 0. The maximum Gasteiger partial charge on any atom is 0.407 e. The summed E-state index contributed by atoms with van der Waals surface area (Å²) in [6.45, 7) is 9.23. The van der Waals surface area contributed by atoms with Gasteiger partial charge in [-0.15, -0.1) is 0 Å². The lowest BCUT2D eigenvalue weighted by Gasteiger charge is -2.43. The number of aliphatic carboxylic acids is 1. The van der Waals surface area contributed by atoms with Crippen LogP contribution in [-0.4, -0.2) is 101 Å². The highest BCUT2D eigenvalue weighted by atomic mass is 32.3. The fraction of sp³-hybridized carbons (Fsp3) is 0.457. The van der Waals surface area contributed by atoms with E-state index in [1.54, 1.807) is 6.20 Å². The molecule has 47 heavy (non-hydrogen) atoms. The minimum atomic E-state index is -1.36. The molecule has 0 aromatic heterocycles. The number of aliphatic hydroxyl groups is 1. The van der Waals surface area contributed by atoms with Crippen LogP contribution in [0.1, 0.15) is 38.3 Å². The van der Waals surface area contributed by atoms with Gasteiger partial charge in [-0.2, -0.15) is 0 Å². The van der Waals surface area contributed by atoms with E-state index in [0.717, 1.165) is 23.8 Å². The summed E-state index contributed by atoms with van der Waals surface area (Å²) in [5, 5.41) is 22.2. The van der Waals surface area contributed by atoms with Crippen molar-refractivity contribution in [2.24, 2.45) is 5.41 Å². The van der Waals surface area contributed by atoms with Crippen molar-refractivity contribution < 1.29 is 38.1 Å². The molecule has 0 unspecified atom stereocenters. The predicted molar refractivity (Wildman–Crippen MR) is 184 cm³/mol. The first kappa shape index (κ1) is 39.3. The Hall–Kier alpha value is -3.90. The number of hydrogen-bond donors (Lipinski definition) is 3. The number of carboxylic acid groups (broad SMARTS) is 1. The summed E-state index contributed by atoms with van der Waals surface area (Å²) in [6.07, 6.45) is 8.26. The number of hydrogen-bond acceptors (Lipinski definition) is 6. The van der Waals surface area contributed by atoms with E-state index in [2.05, 4.69) is 30.7 Å². The van der Waals surface area contributed by atoms with Gasteiger partial charge in [-0.25, -0.2) is 28.4 Å². The Kier molecular flexibility index (Phi) is 14.9. The van der Waals surface area contributed by atoms with Crippen LogP contribution in [0.5, 0.6) is 0 Å². The summed E-state index contributed by atoms with van der Waals surface area (Å²) in [4.78, 5) is 41.0. The van der Waals surface area contributed by atoms with Crippen LogP contribution in [0.25, 0.3) is 5.57 Å². The standard InChI is InChI=1S/C35H49F2N3O6S/c1-8-26(28-20-27(36)14-15-29(28)37)22-39(21-25-12-10-9-11-13-25)23-31(35(2,3)4)40(32(42)24-41)17-16-30(33(43)44)38-34(45)46-18-19-47(5,6)7/h8-15,20,22,30-31,41H,1,16-19,21,23-24H2,2-7H3,(H,38,45)(H,43,44)/b26-22+/t30-,31-/m0/s1. The van der Waals surface area contributed by atoms with Crippen molar-refractivity contribution >= 4 is 33.6 Å². The highest BCUT2D eigenvalue weighted by Crippen LogP contribution is 2.33. The van der Waals surface area contributed by atoms with Gasteiger partial charge in [-0.05, 0) is 59.9 Å². The third-order valence-corrected chi connectivity index (χ3v) is 8.82. The minimum absolute atomic E-state index is 0.0137. The van der Waals surface area contributed by atoms with Crippen LogP contribution >= 0.6 is 10.0 Å². The van der Waals surface area contributed by atoms with Gasteiger partial charge in [-0.3, -0.25) is 4.79 Å². The Bertz CT molecular complexity index is 1390. The number of nitrogens with zero attached hydrogens (tertiary/aromatic N) is 2. The fourth-order valence-corrected chi connectivity index (χ4v) is 5.41. The van der Waals surface area contributed by atoms with Crippen molar-refractivity contribution in [3.63, 3.8) is 0 Å². The van der Waals surface area contributed by atoms with Gasteiger partial charge in [-0.1, -0.05) is 63.8 Å². The second kappa shape index (κ2) is 17.9. The van der Waals surface area contributed by atoms with E-state index < -0.39 is 63.7 Å². The van der Waals surface area contributed by atoms with E-state index in [4.69, 9.17) is 4.74 Å². The first-order chi connectivity index (χ1) is 21.9. The number of carbonyl (C=O) groups is 3. The number of allylic oxidation sites excluding steroid dienone is 2. The smallest absolute Gasteiger partial charge is 0.407 e. The van der Waals surface area contributed by atoms with Gasteiger partial charge < -0.3 is 30.1 Å². The van der Waals surface area contributed by atoms with Crippen molar-refractivity contribution in [3.05, 3.63) is 90.1 Å². The number of aliphatic hydroxyl groups excluding tert-OH is 1. The number of rotatable bonds is 17. The molecule has 260 valence electrons. The SMILES string of the molecule is C=C/C(=C\N(Cc1ccccc1)C[C@H](N(CC[C@H](NC(=O)OCCS(C)(C)C)C(=O)O)C(=O)CO)C(C)(C)C)c1cc(F)ccc1F. The molecule has 0 bridgehead atoms. The van der Waals surface area contributed by atoms with Crippen LogP contribution in [0.2, 0.25) is 0 Å². The maximum atomic E-state index is 14.8. The van der Waals surface area contributed by atoms with Crippen molar-refractivity contribution in [3.8, 4) is 0 Å². The average Bonchev–Trinajstić information content (AvgIpc) is 2.98. The Morgan fingerprint density at radius 2 is 1.74 bits per heavy atom. The molecule has 0 heterocycles. The van der Waals surface area contributed by atoms with E-state index in [1.807, 2.05) is 56.0 Å². The van der Waals surface area contributed by atoms with Crippen LogP contribution in [-0.2, 0) is 20.9 Å². The maximum absolute atomic E-state index is 14.8. The molecule has 0 aliphatic rings. The number of amides is 2. The zero-order chi connectivity index (χ0) is 35.4. The summed E-state index contributed by atoms with van der Waals surface area (Å²) in [7, 11) is -0.919. The molecule has 0 radical (unpaired) electrons. The summed E-state index contributed by atoms with van der Waals surface area (Å²) < 4.78 is 34.2. The second-order valence-corrected chi connectivity index (χ2v) is 17.8. The number of halogens is 2. The second-order valence-electron chi connectivity index (χ2n) is 13.2. The number of ether oxygens (including phenoxy) is 1. The van der Waals surface area contributed by atoms with E-state index in [-0.39, 0.29) is 31.7 Å². The number of carboxylic acids is 1. The summed E-state index contributed by atoms with van der Waals surface area (Å²) in [5.74, 6) is -2.51. The monoisotopic (exact) mass is 677 g/mol. The summed E-state index contributed by atoms with van der Waals surface area (Å²) in [5.41, 5.74) is 0.625. The van der Waals surface area contributed by atoms with Crippen molar-refractivity contribution in [2.75, 3.05) is 50.8 Å². The molecular weight excluding hydrogens is 628 g/mol. The van der Waals surface area contributed by atoms with Crippen molar-refractivity contribution in [2.45, 2.75) is 45.8 Å². The molecule has 9 nitrogen and oxygen atoms in total. The summed E-state index contributed by atoms with van der Waals surface area (Å²) in [6, 6.07) is 10.6. The Morgan fingerprint density at radius 3 is 2.30 bits per heavy atom. The highest BCUT2D eigenvalue weighted by Gasteiger charge is 2.35. The Balaban J connectivity index is 2.44. The van der Waals surface area contributed by atoms with Gasteiger partial charge in [0.1, 0.15) is 30.9 Å². The van der Waals surface area contributed by atoms with Crippen molar-refractivity contribution in [1.29, 1.82) is 0 Å². The number of nitrogens with one attached hydrogen (secondary N) is 1. The zero-order valence-corrected chi connectivity index (χ0v) is 29.0. The van der Waals surface area contributed by atoms with Gasteiger partial charge in [0.25, 0.3) is 0 Å². The molecule has 0 saturated carbocycles. The van der Waals surface area contributed by atoms with Crippen LogP contribution in [0.15, 0.2) is 67.4 Å². The minimum Gasteiger partial charge on any atom is -0.480 e. The van der Waals surface area contributed by atoms with Gasteiger partial charge in [0.2, 0.25) is 5.91 Å². The quantitative estimate of drug-likeness (QED) is 0.190. The lowest BCUT2D eigenvalue weighted by Crippen LogP contribution is -2.54. The first-order valence-corrected chi connectivity index (χ1v) is 18.3. The fourth-order valence-electron chi connectivity index (χ4n) is 4.83. The molecular formula is C35H49F2N3O6S. The largest absolute Gasteiger partial charge is 0.480 e. The van der Waals surface area contributed by atoms with Gasteiger partial charge in [0.05, 0.1) is 6.04 Å². The van der Waals surface area contributed by atoms with Crippen LogP contribution in [0.4, 0.5) is 13.6 Å². The van der Waals surface area contributed by atoms with E-state index >= 15 is 0 Å². The molecule has 2 amide bonds. The molecule has 3 N–H and O–H groups in total. The number of alkyl carbamates (subject to hydrolysis) is 1. The van der Waals surface area contributed by atoms with Gasteiger partial charge in [0.15, 0.2) is 0 Å². The molecule has 2 aromatic rings. The Morgan fingerprint density at radius 1 is 1.09 bits per heavy atom. The molecule has 2 atom stereocenters. The van der Waals surface area contributed by atoms with E-state index in [1.165, 1.54) is 11.0 Å². The molecule has 2 aromatic carbocycles. The van der Waals surface area contributed by atoms with Crippen LogP contribution < -0.4 is 5.32 Å². The first-order valence-electron chi connectivity index (χ1n) is 15.2. The van der Waals surface area contributed by atoms with E-state index in [0.29, 0.717) is 17.9 Å². The van der Waals surface area contributed by atoms with Gasteiger partial charge in [0, 0.05) is 37.2 Å². The normalized spacial score (nSPS) is 13.7. The average molecular weight is 678 g/mol. The third kappa shape index (κ3) is 13.4. The highest BCUT2D eigenvalue weighted by molar-refractivity contribution is 8.32. The molecule has 0 aliphatic carbocycles. The number of carbonyl (C=O) groups excluding carboxylic acids is 2. The predicted octanol–water partition coefficient (Wildman–Crippen LogP) is 5.49. The lowest BCUT2D eigenvalue weighted by molar-refractivity contribution is -0.143. The van der Waals surface area contributed by atoms with E-state index in [9.17, 15) is 33.4 Å². The molecule has 12 heteroatoms. The molecule has 0 fully saturated rings. The zero-order valence-electron chi connectivity index (χ0n) is 28.2. The molecule has 0 aliphatic heterocycles. The molecule has 0 saturated heterocycles. The lowest BCUT2D eigenvalue weighted by atomic mass is 9.84. The van der Waals surface area contributed by atoms with Crippen molar-refractivity contribution in [1.82, 2.24) is 15.1 Å². The Labute approximate surface area is 278 Å². The number of benzene rings is 2. The van der Waals surface area contributed by atoms with Crippen LogP contribution in [0, 0.1) is 17.0 Å². The topological polar surface area (TPSA) is 119 Å².